The van der Waals surface area contributed by atoms with Gasteiger partial charge in [0.25, 0.3) is 0 Å². The first-order valence-corrected chi connectivity index (χ1v) is 25.0. The van der Waals surface area contributed by atoms with E-state index in [9.17, 15) is 107 Å². The van der Waals surface area contributed by atoms with E-state index in [1.165, 1.54) is 0 Å². The zero-order valence-electron chi connectivity index (χ0n) is 42.9. The second-order valence-corrected chi connectivity index (χ2v) is 20.3. The minimum atomic E-state index is -3.01. The number of carbonyl (C=O) groups excluding carboxylic acids is 5. The van der Waals surface area contributed by atoms with E-state index in [1.807, 2.05) is 0 Å². The quantitative estimate of drug-likeness (QED) is 0.0671. The lowest BCUT2D eigenvalue weighted by Crippen LogP contribution is -2.56. The third-order valence-electron chi connectivity index (χ3n) is 15.5. The molecule has 0 saturated carbocycles. The molecule has 20 N–H and O–H groups in total. The van der Waals surface area contributed by atoms with Crippen LogP contribution in [0.1, 0.15) is 86.1 Å². The van der Waals surface area contributed by atoms with Gasteiger partial charge in [0, 0.05) is 62.6 Å². The third-order valence-corrected chi connectivity index (χ3v) is 15.5. The number of rotatable bonds is 2. The van der Waals surface area contributed by atoms with Crippen LogP contribution in [0.5, 0.6) is 115 Å². The molecule has 0 radical (unpaired) electrons. The fourth-order valence-corrected chi connectivity index (χ4v) is 11.6. The van der Waals surface area contributed by atoms with Gasteiger partial charge in [0.05, 0.1) is 39.8 Å². The summed E-state index contributed by atoms with van der Waals surface area (Å²) in [6.45, 7) is -1.64. The summed E-state index contributed by atoms with van der Waals surface area (Å²) in [6, 6.07) is 4.59. The van der Waals surface area contributed by atoms with E-state index in [2.05, 4.69) is 0 Å². The number of aliphatic hydroxyl groups excluding tert-OH is 1. The SMILES string of the molecule is O=C1OC[C@@H]2OC(=O)c3cc(O)c(O)c(O)c3-c3c(O)c(O)c(O)c4c3C(=O)OC([C@H]3OC(=O)c5c-4c(O)c(O)c(O)c5[C@@H]3c3c(O)cc(O)c4c3O[C@H](c3ccc(O)c(O)c3)[C@@H](O)C4)[C@@H]2OC(=O)c2cc(O)c(O)c(O)c2-c2c1cc(O)c(O)c2O. The Kier molecular flexibility index (Phi) is 12.1. The van der Waals surface area contributed by atoms with Gasteiger partial charge in [-0.3, -0.25) is 0 Å². The number of aromatic hydroxyl groups is 19. The summed E-state index contributed by atoms with van der Waals surface area (Å²) < 4.78 is 35.9. The molecule has 87 heavy (non-hydrogen) atoms. The lowest BCUT2D eigenvalue weighted by molar-refractivity contribution is -0.135. The van der Waals surface area contributed by atoms with Crippen molar-refractivity contribution < 1.29 is 155 Å². The Morgan fingerprint density at radius 3 is 1.37 bits per heavy atom. The molecule has 6 aliphatic heterocycles. The van der Waals surface area contributed by atoms with E-state index in [1.54, 1.807) is 0 Å². The molecule has 13 rings (SSSR count). The Labute approximate surface area is 479 Å². The van der Waals surface area contributed by atoms with Crippen molar-refractivity contribution in [1.82, 2.24) is 0 Å². The molecule has 448 valence electrons. The lowest BCUT2D eigenvalue weighted by Gasteiger charge is -2.43. The molecule has 0 fully saturated rings. The van der Waals surface area contributed by atoms with Gasteiger partial charge in [0.15, 0.2) is 93.4 Å². The number of phenolic OH excluding ortho intramolecular Hbond substituents is 19. The first-order chi connectivity index (χ1) is 41.0. The van der Waals surface area contributed by atoms with Gasteiger partial charge in [-0.25, -0.2) is 24.0 Å². The number of esters is 5. The number of benzene rings is 7. The average molecular weight is 1210 g/mol. The standard InChI is InChI=1S/C56H38O31/c57-15-2-1-10(3-17(15)59)47-22(64)4-11-16(58)8-18(60)27(48(11)84-47)32-31-34-30(43(73)46(76)44(31)74)29-33-28(41(71)45(75)42(29)72)26-14(7-21(63)37(67)40(26)70)53(78)83-23-9-82-52(77)12-5-19(61)35(65)38(68)24(12)25-13(6-20(62)36(66)39(25)69)54(79)85-49(23)51(87-56(33)81)50(32)86-55(34)80/h1-3,5-8,22-23,32,47,49-51,57-76H,4,9H2/t22-,23-,32-,47+,49+,50-,51?/m0/s1. The van der Waals surface area contributed by atoms with Crippen molar-refractivity contribution >= 4 is 29.8 Å². The van der Waals surface area contributed by atoms with Gasteiger partial charge in [-0.2, -0.15) is 0 Å². The molecule has 1 unspecified atom stereocenters. The highest BCUT2D eigenvalue weighted by Gasteiger charge is 2.58. The summed E-state index contributed by atoms with van der Waals surface area (Å²) in [5.74, 6) is -40.6. The molecule has 0 aromatic heterocycles. The molecule has 6 heterocycles. The van der Waals surface area contributed by atoms with Gasteiger partial charge in [-0.05, 0) is 35.9 Å². The minimum absolute atomic E-state index is 0.140. The Bertz CT molecular complexity index is 4350. The van der Waals surface area contributed by atoms with Crippen LogP contribution in [-0.4, -0.2) is 169 Å². The van der Waals surface area contributed by atoms with Gasteiger partial charge in [-0.15, -0.1) is 0 Å². The maximum absolute atomic E-state index is 15.9. The summed E-state index contributed by atoms with van der Waals surface area (Å²) in [5.41, 5.74) is -17.4. The third kappa shape index (κ3) is 7.75. The Morgan fingerprint density at radius 2 is 0.805 bits per heavy atom. The molecule has 31 heteroatoms. The highest BCUT2D eigenvalue weighted by molar-refractivity contribution is 6.17. The number of hydrogen-bond donors (Lipinski definition) is 20. The van der Waals surface area contributed by atoms with Crippen LogP contribution in [-0.2, 0) is 30.1 Å². The Balaban J connectivity index is 1.24. The maximum atomic E-state index is 15.9. The molecule has 0 saturated heterocycles. The lowest BCUT2D eigenvalue weighted by atomic mass is 9.73. The van der Waals surface area contributed by atoms with Crippen molar-refractivity contribution in [2.75, 3.05) is 6.61 Å². The molecule has 6 bridgehead atoms. The van der Waals surface area contributed by atoms with Crippen LogP contribution in [0.2, 0.25) is 0 Å². The van der Waals surface area contributed by atoms with Gasteiger partial charge in [-0.1, -0.05) is 6.07 Å². The number of aliphatic hydroxyl groups is 1. The zero-order valence-corrected chi connectivity index (χ0v) is 42.9. The fourth-order valence-electron chi connectivity index (χ4n) is 11.6. The monoisotopic (exact) mass is 1210 g/mol. The van der Waals surface area contributed by atoms with E-state index >= 15 is 19.2 Å². The molecule has 31 nitrogen and oxygen atoms in total. The van der Waals surface area contributed by atoms with Crippen molar-refractivity contribution in [2.45, 2.75) is 49.0 Å². The van der Waals surface area contributed by atoms with Crippen molar-refractivity contribution in [3.8, 4) is 148 Å². The molecule has 6 aliphatic rings. The topological polar surface area (TPSA) is 545 Å². The molecule has 7 aromatic carbocycles. The molecular weight excluding hydrogens is 1170 g/mol. The largest absolute Gasteiger partial charge is 0.507 e. The number of phenols is 19. The van der Waals surface area contributed by atoms with E-state index in [4.69, 9.17) is 28.4 Å². The normalized spacial score (nSPS) is 20.9. The van der Waals surface area contributed by atoms with E-state index in [0.29, 0.717) is 18.2 Å². The van der Waals surface area contributed by atoms with Crippen molar-refractivity contribution in [2.24, 2.45) is 0 Å². The van der Waals surface area contributed by atoms with Crippen LogP contribution < -0.4 is 4.74 Å². The predicted molar refractivity (Wildman–Crippen MR) is 276 cm³/mol. The summed E-state index contributed by atoms with van der Waals surface area (Å²) in [6.07, 6.45) is -15.7. The van der Waals surface area contributed by atoms with Gasteiger partial charge >= 0.3 is 29.8 Å². The average Bonchev–Trinajstić information content (AvgIpc) is 1.29. The van der Waals surface area contributed by atoms with Crippen LogP contribution in [0, 0.1) is 0 Å². The number of cyclic esters (lactones) is 1. The molecule has 7 aromatic rings. The Morgan fingerprint density at radius 1 is 0.345 bits per heavy atom. The Hall–Kier alpha value is -12.2. The van der Waals surface area contributed by atoms with Gasteiger partial charge in [0.1, 0.15) is 30.0 Å². The molecule has 0 amide bonds. The molecule has 0 aliphatic carbocycles. The summed E-state index contributed by atoms with van der Waals surface area (Å²) in [7, 11) is 0. The summed E-state index contributed by atoms with van der Waals surface area (Å²) in [5, 5.41) is 228. The predicted octanol–water partition coefficient (Wildman–Crippen LogP) is 3.28. The second kappa shape index (κ2) is 18.9. The van der Waals surface area contributed by atoms with Crippen molar-refractivity contribution in [3.05, 3.63) is 92.5 Å². The van der Waals surface area contributed by atoms with Crippen LogP contribution in [0.4, 0.5) is 0 Å². The number of fused-ring (bicyclic) bond motifs is 8. The van der Waals surface area contributed by atoms with Gasteiger partial charge < -0.3 is 131 Å². The first-order valence-electron chi connectivity index (χ1n) is 25.0. The molecule has 7 atom stereocenters. The fraction of sp³-hybridized carbons (Fsp3) is 0.161. The van der Waals surface area contributed by atoms with Crippen LogP contribution in [0.15, 0.2) is 42.5 Å². The van der Waals surface area contributed by atoms with E-state index in [0.717, 1.165) is 18.2 Å². The highest BCUT2D eigenvalue weighted by atomic mass is 16.6. The minimum Gasteiger partial charge on any atom is -0.507 e. The number of ether oxygens (including phenoxy) is 6. The van der Waals surface area contributed by atoms with Crippen LogP contribution in [0.25, 0.3) is 33.4 Å². The van der Waals surface area contributed by atoms with Crippen LogP contribution in [0.3, 0.4) is 0 Å². The number of carbonyl (C=O) groups is 5. The molecule has 0 spiro atoms. The highest BCUT2D eigenvalue weighted by Crippen LogP contribution is 2.64. The van der Waals surface area contributed by atoms with E-state index in [-0.39, 0.29) is 11.6 Å². The van der Waals surface area contributed by atoms with Gasteiger partial charge in [0.2, 0.25) is 28.7 Å². The smallest absolute Gasteiger partial charge is 0.340 e. The van der Waals surface area contributed by atoms with Crippen LogP contribution >= 0.6 is 0 Å². The first kappa shape index (κ1) is 55.4. The zero-order chi connectivity index (χ0) is 62.7. The summed E-state index contributed by atoms with van der Waals surface area (Å²) >= 11 is 0. The van der Waals surface area contributed by atoms with E-state index < -0.39 is 278 Å². The summed E-state index contributed by atoms with van der Waals surface area (Å²) in [4.78, 5) is 76.2. The number of hydrogen-bond acceptors (Lipinski definition) is 31. The molecular formula is C56H38O31. The van der Waals surface area contributed by atoms with Crippen molar-refractivity contribution in [1.29, 1.82) is 0 Å². The van der Waals surface area contributed by atoms with Crippen molar-refractivity contribution in [3.63, 3.8) is 0 Å². The maximum Gasteiger partial charge on any atom is 0.340 e. The second-order valence-electron chi connectivity index (χ2n) is 20.3.